The summed E-state index contributed by atoms with van der Waals surface area (Å²) in [6.07, 6.45) is 0.184. The number of primary amides is 1. The largest absolute Gasteiger partial charge is 0.393 e. The normalized spacial score (nSPS) is 11.9. The van der Waals surface area contributed by atoms with Crippen LogP contribution in [0.25, 0.3) is 27.6 Å². The van der Waals surface area contributed by atoms with Gasteiger partial charge in [0.25, 0.3) is 5.91 Å². The Kier molecular flexibility index (Phi) is 4.53. The summed E-state index contributed by atoms with van der Waals surface area (Å²) in [5.41, 5.74) is 6.26. The molecule has 1 amide bonds. The fourth-order valence-electron chi connectivity index (χ4n) is 3.13. The number of amides is 1. The van der Waals surface area contributed by atoms with Crippen molar-refractivity contribution in [3.05, 3.63) is 53.1 Å². The van der Waals surface area contributed by atoms with Crippen LogP contribution < -0.4 is 5.73 Å². The summed E-state index contributed by atoms with van der Waals surface area (Å²) < 4.78 is 40.6. The number of pyridine rings is 1. The minimum atomic E-state index is -4.40. The molecule has 4 aromatic heterocycles. The maximum Gasteiger partial charge on any atom is 0.393 e. The van der Waals surface area contributed by atoms with E-state index in [1.54, 1.807) is 18.5 Å². The highest BCUT2D eigenvalue weighted by Crippen LogP contribution is 2.31. The van der Waals surface area contributed by atoms with Crippen molar-refractivity contribution in [1.82, 2.24) is 24.5 Å². The predicted octanol–water partition coefficient (Wildman–Crippen LogP) is 3.45. The molecule has 4 aromatic rings. The smallest absolute Gasteiger partial charge is 0.365 e. The van der Waals surface area contributed by atoms with Gasteiger partial charge < -0.3 is 5.73 Å². The average Bonchev–Trinajstić information content (AvgIpc) is 3.28. The van der Waals surface area contributed by atoms with Crippen molar-refractivity contribution in [2.24, 2.45) is 5.73 Å². The van der Waals surface area contributed by atoms with Crippen molar-refractivity contribution >= 4 is 28.1 Å². The zero-order chi connectivity index (χ0) is 20.8. The van der Waals surface area contributed by atoms with Crippen LogP contribution in [0.3, 0.4) is 0 Å². The molecule has 4 rings (SSSR count). The zero-order valence-corrected chi connectivity index (χ0v) is 15.8. The summed E-state index contributed by atoms with van der Waals surface area (Å²) >= 11 is 1.30. The minimum absolute atomic E-state index is 0.0182. The number of nitrogens with zero attached hydrogens (tertiary/aromatic N) is 5. The van der Waals surface area contributed by atoms with Crippen molar-refractivity contribution in [3.8, 4) is 16.6 Å². The maximum absolute atomic E-state index is 13.1. The molecular formula is C18H13F3N6OS. The molecule has 0 atom stereocenters. The molecule has 11 heteroatoms. The second kappa shape index (κ2) is 6.92. The summed E-state index contributed by atoms with van der Waals surface area (Å²) in [4.78, 5) is 29.0. The maximum atomic E-state index is 13.1. The highest BCUT2D eigenvalue weighted by molar-refractivity contribution is 7.13. The Labute approximate surface area is 166 Å². The van der Waals surface area contributed by atoms with Crippen LogP contribution in [0.15, 0.2) is 36.2 Å². The van der Waals surface area contributed by atoms with Crippen molar-refractivity contribution in [2.75, 3.05) is 0 Å². The van der Waals surface area contributed by atoms with Gasteiger partial charge in [-0.3, -0.25) is 14.3 Å². The van der Waals surface area contributed by atoms with E-state index in [1.165, 1.54) is 40.6 Å². The van der Waals surface area contributed by atoms with E-state index in [1.807, 2.05) is 0 Å². The first-order valence-electron chi connectivity index (χ1n) is 8.34. The van der Waals surface area contributed by atoms with Crippen molar-refractivity contribution in [2.45, 2.75) is 19.5 Å². The van der Waals surface area contributed by atoms with Gasteiger partial charge in [-0.1, -0.05) is 0 Å². The number of alkyl halides is 3. The highest BCUT2D eigenvalue weighted by Gasteiger charge is 2.30. The second-order valence-corrected chi connectivity index (χ2v) is 7.14. The number of carbonyl (C=O) groups is 1. The number of thiazole rings is 1. The standard InChI is InChI=1S/C18H13F3N6OS/c1-9-13(14(22)28)16(26-15(25-9)17-24-4-5-29-17)27-8-10(6-18(19,20)21)11-2-3-23-7-12(11)27/h2-5,7-8H,6H2,1H3,(H2,22,28). The van der Waals surface area contributed by atoms with Gasteiger partial charge in [-0.15, -0.1) is 11.3 Å². The highest BCUT2D eigenvalue weighted by atomic mass is 32.1. The van der Waals surface area contributed by atoms with Crippen molar-refractivity contribution in [1.29, 1.82) is 0 Å². The van der Waals surface area contributed by atoms with Gasteiger partial charge in [0.05, 0.1) is 23.8 Å². The van der Waals surface area contributed by atoms with Crippen LogP contribution in [0.4, 0.5) is 13.2 Å². The van der Waals surface area contributed by atoms with Gasteiger partial charge >= 0.3 is 6.18 Å². The van der Waals surface area contributed by atoms with Crippen LogP contribution in [0, 0.1) is 6.92 Å². The Morgan fingerprint density at radius 3 is 2.72 bits per heavy atom. The monoisotopic (exact) mass is 418 g/mol. The summed E-state index contributed by atoms with van der Waals surface area (Å²) in [6, 6.07) is 1.49. The molecule has 0 aliphatic carbocycles. The van der Waals surface area contributed by atoms with Gasteiger partial charge in [0.1, 0.15) is 5.56 Å². The number of aryl methyl sites for hydroxylation is 1. The molecule has 0 aliphatic rings. The third-order valence-corrected chi connectivity index (χ3v) is 5.02. The van der Waals surface area contributed by atoms with Crippen LogP contribution in [0.2, 0.25) is 0 Å². The quantitative estimate of drug-likeness (QED) is 0.547. The third kappa shape index (κ3) is 3.56. The minimum Gasteiger partial charge on any atom is -0.365 e. The van der Waals surface area contributed by atoms with Crippen LogP contribution >= 0.6 is 11.3 Å². The topological polar surface area (TPSA) is 99.6 Å². The zero-order valence-electron chi connectivity index (χ0n) is 14.9. The molecule has 0 bridgehead atoms. The van der Waals surface area contributed by atoms with Crippen molar-refractivity contribution < 1.29 is 18.0 Å². The van der Waals surface area contributed by atoms with E-state index in [9.17, 15) is 18.0 Å². The number of halogens is 3. The molecule has 0 spiro atoms. The van der Waals surface area contributed by atoms with E-state index in [2.05, 4.69) is 19.9 Å². The Hall–Kier alpha value is -3.34. The van der Waals surface area contributed by atoms with E-state index in [0.717, 1.165) is 0 Å². The summed E-state index contributed by atoms with van der Waals surface area (Å²) in [7, 11) is 0. The molecule has 0 saturated carbocycles. The second-order valence-electron chi connectivity index (χ2n) is 6.24. The molecule has 0 aromatic carbocycles. The molecule has 148 valence electrons. The molecule has 4 heterocycles. The number of hydrogen-bond donors (Lipinski definition) is 1. The Balaban J connectivity index is 2.01. The Morgan fingerprint density at radius 1 is 1.28 bits per heavy atom. The SMILES string of the molecule is Cc1nc(-c2nccs2)nc(-n2cc(CC(F)(F)F)c3ccncc32)c1C(N)=O. The average molecular weight is 418 g/mol. The van der Waals surface area contributed by atoms with Gasteiger partial charge in [-0.25, -0.2) is 15.0 Å². The lowest BCUT2D eigenvalue weighted by molar-refractivity contribution is -0.127. The van der Waals surface area contributed by atoms with Crippen LogP contribution in [-0.2, 0) is 6.42 Å². The fraction of sp³-hybridized carbons (Fsp3) is 0.167. The number of nitrogens with two attached hydrogens (primary N) is 1. The number of rotatable bonds is 4. The van der Waals surface area contributed by atoms with E-state index in [4.69, 9.17) is 5.73 Å². The molecule has 2 N–H and O–H groups in total. The molecule has 0 radical (unpaired) electrons. The number of aromatic nitrogens is 5. The van der Waals surface area contributed by atoms with Gasteiger partial charge in [0.2, 0.25) is 0 Å². The Morgan fingerprint density at radius 2 is 2.07 bits per heavy atom. The van der Waals surface area contributed by atoms with Gasteiger partial charge in [-0.2, -0.15) is 13.2 Å². The molecule has 0 fully saturated rings. The summed E-state index contributed by atoms with van der Waals surface area (Å²) in [5, 5.41) is 2.61. The molecule has 0 aliphatic heterocycles. The number of hydrogen-bond acceptors (Lipinski definition) is 6. The van der Waals surface area contributed by atoms with Crippen LogP contribution in [0.5, 0.6) is 0 Å². The lowest BCUT2D eigenvalue weighted by Crippen LogP contribution is -2.19. The Bertz CT molecular complexity index is 1220. The fourth-order valence-corrected chi connectivity index (χ4v) is 3.70. The van der Waals surface area contributed by atoms with Crippen LogP contribution in [0.1, 0.15) is 21.6 Å². The first kappa shape index (κ1) is 19.0. The molecular weight excluding hydrogens is 405 g/mol. The summed E-state index contributed by atoms with van der Waals surface area (Å²) in [5.74, 6) is -0.450. The summed E-state index contributed by atoms with van der Waals surface area (Å²) in [6.45, 7) is 1.59. The predicted molar refractivity (Wildman–Crippen MR) is 101 cm³/mol. The molecule has 0 unspecified atom stereocenters. The van der Waals surface area contributed by atoms with Gasteiger partial charge in [0, 0.05) is 29.4 Å². The first-order chi connectivity index (χ1) is 13.7. The van der Waals surface area contributed by atoms with E-state index >= 15 is 0 Å². The van der Waals surface area contributed by atoms with E-state index in [0.29, 0.717) is 21.6 Å². The van der Waals surface area contributed by atoms with E-state index < -0.39 is 18.5 Å². The number of carbonyl (C=O) groups excluding carboxylic acids is 1. The molecule has 29 heavy (non-hydrogen) atoms. The first-order valence-corrected chi connectivity index (χ1v) is 9.22. The van der Waals surface area contributed by atoms with Gasteiger partial charge in [-0.05, 0) is 18.6 Å². The molecule has 7 nitrogen and oxygen atoms in total. The van der Waals surface area contributed by atoms with Crippen LogP contribution in [-0.4, -0.2) is 36.6 Å². The van der Waals surface area contributed by atoms with E-state index in [-0.39, 0.29) is 22.8 Å². The molecule has 0 saturated heterocycles. The lowest BCUT2D eigenvalue weighted by Gasteiger charge is -2.12. The number of fused-ring (bicyclic) bond motifs is 1. The van der Waals surface area contributed by atoms with Gasteiger partial charge in [0.15, 0.2) is 16.6 Å². The third-order valence-electron chi connectivity index (χ3n) is 4.25. The lowest BCUT2D eigenvalue weighted by atomic mass is 10.1. The van der Waals surface area contributed by atoms with Crippen molar-refractivity contribution in [3.63, 3.8) is 0 Å².